The summed E-state index contributed by atoms with van der Waals surface area (Å²) in [4.78, 5) is 17.2. The largest absolute Gasteiger partial charge is 0.379 e. The number of carbonyl (C=O) groups excluding carboxylic acids is 1. The van der Waals surface area contributed by atoms with Crippen LogP contribution in [-0.2, 0) is 4.74 Å². The number of benzene rings is 2. The predicted octanol–water partition coefficient (Wildman–Crippen LogP) is 4.48. The minimum absolute atomic E-state index is 0.0514. The number of halogens is 2. The Morgan fingerprint density at radius 3 is 2.54 bits per heavy atom. The van der Waals surface area contributed by atoms with Gasteiger partial charge in [0.2, 0.25) is 0 Å². The van der Waals surface area contributed by atoms with Gasteiger partial charge in [-0.3, -0.25) is 9.69 Å². The monoisotopic (exact) mass is 418 g/mol. The van der Waals surface area contributed by atoms with Crippen LogP contribution in [0.3, 0.4) is 0 Å². The molecule has 1 aliphatic rings. The van der Waals surface area contributed by atoms with Crippen molar-refractivity contribution in [1.29, 1.82) is 0 Å². The molecule has 0 aromatic heterocycles. The van der Waals surface area contributed by atoms with E-state index < -0.39 is 0 Å². The molecule has 0 N–H and O–H groups in total. The Hall–Kier alpha value is -1.85. The molecule has 2 aromatic rings. The first-order chi connectivity index (χ1) is 13.6. The van der Waals surface area contributed by atoms with E-state index in [1.54, 1.807) is 18.2 Å². The lowest BCUT2D eigenvalue weighted by Gasteiger charge is -2.29. The van der Waals surface area contributed by atoms with Gasteiger partial charge in [0, 0.05) is 38.3 Å². The topological polar surface area (TPSA) is 32.8 Å². The van der Waals surface area contributed by atoms with Crippen molar-refractivity contribution < 1.29 is 9.53 Å². The summed E-state index contributed by atoms with van der Waals surface area (Å²) in [7, 11) is 0. The molecule has 4 nitrogen and oxygen atoms in total. The summed E-state index contributed by atoms with van der Waals surface area (Å²) in [6.07, 6.45) is 4.05. The Morgan fingerprint density at radius 2 is 1.82 bits per heavy atom. The molecule has 1 saturated heterocycles. The van der Waals surface area contributed by atoms with Gasteiger partial charge in [-0.1, -0.05) is 65.7 Å². The third kappa shape index (κ3) is 6.08. The molecule has 2 aromatic carbocycles. The highest BCUT2D eigenvalue weighted by molar-refractivity contribution is 6.42. The van der Waals surface area contributed by atoms with E-state index in [9.17, 15) is 4.79 Å². The molecule has 1 amide bonds. The summed E-state index contributed by atoms with van der Waals surface area (Å²) in [5.41, 5.74) is 1.65. The molecule has 0 aliphatic carbocycles. The van der Waals surface area contributed by atoms with Crippen LogP contribution in [-0.4, -0.2) is 61.6 Å². The van der Waals surface area contributed by atoms with E-state index in [0.29, 0.717) is 28.7 Å². The fourth-order valence-corrected chi connectivity index (χ4v) is 3.35. The number of nitrogens with zero attached hydrogens (tertiary/aromatic N) is 2. The van der Waals surface area contributed by atoms with Gasteiger partial charge in [-0.05, 0) is 23.8 Å². The van der Waals surface area contributed by atoms with Crippen LogP contribution in [0.1, 0.15) is 15.9 Å². The molecule has 6 heteroatoms. The van der Waals surface area contributed by atoms with Crippen LogP contribution in [0.4, 0.5) is 0 Å². The van der Waals surface area contributed by atoms with E-state index >= 15 is 0 Å². The zero-order valence-electron chi connectivity index (χ0n) is 15.7. The third-order valence-electron chi connectivity index (χ3n) is 4.68. The van der Waals surface area contributed by atoms with Crippen molar-refractivity contribution in [3.63, 3.8) is 0 Å². The Kier molecular flexibility index (Phi) is 7.92. The van der Waals surface area contributed by atoms with Crippen molar-refractivity contribution in [3.05, 3.63) is 75.8 Å². The summed E-state index contributed by atoms with van der Waals surface area (Å²) in [6.45, 7) is 5.26. The molecule has 0 unspecified atom stereocenters. The average molecular weight is 419 g/mol. The van der Waals surface area contributed by atoms with Crippen LogP contribution in [0.5, 0.6) is 0 Å². The molecule has 148 valence electrons. The Balaban J connectivity index is 1.69. The summed E-state index contributed by atoms with van der Waals surface area (Å²) in [5, 5.41) is 0.836. The number of morpholine rings is 1. The summed E-state index contributed by atoms with van der Waals surface area (Å²) < 4.78 is 5.40. The van der Waals surface area contributed by atoms with Gasteiger partial charge in [-0.2, -0.15) is 0 Å². The zero-order chi connectivity index (χ0) is 19.8. The van der Waals surface area contributed by atoms with Gasteiger partial charge >= 0.3 is 0 Å². The first-order valence-electron chi connectivity index (χ1n) is 9.39. The molecule has 0 radical (unpaired) electrons. The van der Waals surface area contributed by atoms with Crippen LogP contribution in [0.15, 0.2) is 54.6 Å². The van der Waals surface area contributed by atoms with Crippen molar-refractivity contribution in [2.75, 3.05) is 45.9 Å². The maximum absolute atomic E-state index is 13.1. The van der Waals surface area contributed by atoms with Crippen molar-refractivity contribution >= 4 is 35.2 Å². The fourth-order valence-electron chi connectivity index (χ4n) is 3.05. The first kappa shape index (κ1) is 20.9. The highest BCUT2D eigenvalue weighted by atomic mass is 35.5. The molecule has 0 atom stereocenters. The van der Waals surface area contributed by atoms with E-state index in [2.05, 4.69) is 4.90 Å². The maximum atomic E-state index is 13.1. The van der Waals surface area contributed by atoms with Crippen molar-refractivity contribution in [3.8, 4) is 0 Å². The first-order valence-corrected chi connectivity index (χ1v) is 10.1. The SMILES string of the molecule is O=C(c1ccc(Cl)c(Cl)c1)N(C/C=C/c1ccccc1)CCN1CCOCC1. The molecule has 0 saturated carbocycles. The number of hydrogen-bond donors (Lipinski definition) is 0. The number of hydrogen-bond acceptors (Lipinski definition) is 3. The van der Waals surface area contributed by atoms with Gasteiger partial charge in [0.15, 0.2) is 0 Å². The lowest BCUT2D eigenvalue weighted by molar-refractivity contribution is 0.0331. The second kappa shape index (κ2) is 10.6. The van der Waals surface area contributed by atoms with Crippen molar-refractivity contribution in [1.82, 2.24) is 9.80 Å². The number of amides is 1. The highest BCUT2D eigenvalue weighted by Crippen LogP contribution is 2.23. The second-order valence-electron chi connectivity index (χ2n) is 6.65. The maximum Gasteiger partial charge on any atom is 0.254 e. The third-order valence-corrected chi connectivity index (χ3v) is 5.42. The molecule has 28 heavy (non-hydrogen) atoms. The standard InChI is InChI=1S/C22H24Cl2N2O2/c23-20-9-8-19(17-21(20)24)22(27)26(12-11-25-13-15-28-16-14-25)10-4-7-18-5-2-1-3-6-18/h1-9,17H,10-16H2/b7-4+. The summed E-state index contributed by atoms with van der Waals surface area (Å²) in [6, 6.07) is 15.1. The number of rotatable bonds is 7. The molecule has 1 fully saturated rings. The van der Waals surface area contributed by atoms with Crippen molar-refractivity contribution in [2.24, 2.45) is 0 Å². The van der Waals surface area contributed by atoms with Gasteiger partial charge < -0.3 is 9.64 Å². The van der Waals surface area contributed by atoms with Gasteiger partial charge in [-0.15, -0.1) is 0 Å². The Labute approximate surface area is 176 Å². The van der Waals surface area contributed by atoms with Gasteiger partial charge in [0.25, 0.3) is 5.91 Å². The second-order valence-corrected chi connectivity index (χ2v) is 7.46. The molecule has 3 rings (SSSR count). The molecular formula is C22H24Cl2N2O2. The van der Waals surface area contributed by atoms with Crippen LogP contribution in [0, 0.1) is 0 Å². The highest BCUT2D eigenvalue weighted by Gasteiger charge is 2.18. The predicted molar refractivity (Wildman–Crippen MR) is 115 cm³/mol. The van der Waals surface area contributed by atoms with E-state index in [0.717, 1.165) is 38.4 Å². The van der Waals surface area contributed by atoms with Gasteiger partial charge in [-0.25, -0.2) is 0 Å². The molecule has 1 aliphatic heterocycles. The summed E-state index contributed by atoms with van der Waals surface area (Å²) >= 11 is 12.1. The normalized spacial score (nSPS) is 15.1. The molecular weight excluding hydrogens is 395 g/mol. The minimum atomic E-state index is -0.0514. The summed E-state index contributed by atoms with van der Waals surface area (Å²) in [5.74, 6) is -0.0514. The van der Waals surface area contributed by atoms with Crippen LogP contribution in [0.2, 0.25) is 10.0 Å². The Bertz CT molecular complexity index is 805. The van der Waals surface area contributed by atoms with Crippen LogP contribution < -0.4 is 0 Å². The molecule has 1 heterocycles. The fraction of sp³-hybridized carbons (Fsp3) is 0.318. The number of carbonyl (C=O) groups is 1. The minimum Gasteiger partial charge on any atom is -0.379 e. The smallest absolute Gasteiger partial charge is 0.254 e. The zero-order valence-corrected chi connectivity index (χ0v) is 17.2. The lowest BCUT2D eigenvalue weighted by atomic mass is 10.2. The van der Waals surface area contributed by atoms with Gasteiger partial charge in [0.1, 0.15) is 0 Å². The average Bonchev–Trinajstić information content (AvgIpc) is 2.73. The number of ether oxygens (including phenoxy) is 1. The Morgan fingerprint density at radius 1 is 1.07 bits per heavy atom. The molecule has 0 spiro atoms. The van der Waals surface area contributed by atoms with Crippen LogP contribution in [0.25, 0.3) is 6.08 Å². The van der Waals surface area contributed by atoms with E-state index in [1.165, 1.54) is 0 Å². The van der Waals surface area contributed by atoms with E-state index in [-0.39, 0.29) is 5.91 Å². The quantitative estimate of drug-likeness (QED) is 0.664. The van der Waals surface area contributed by atoms with Gasteiger partial charge in [0.05, 0.1) is 23.3 Å². The molecule has 0 bridgehead atoms. The van der Waals surface area contributed by atoms with Crippen LogP contribution >= 0.6 is 23.2 Å². The van der Waals surface area contributed by atoms with Crippen molar-refractivity contribution in [2.45, 2.75) is 0 Å². The van der Waals surface area contributed by atoms with E-state index in [4.69, 9.17) is 27.9 Å². The lowest BCUT2D eigenvalue weighted by Crippen LogP contribution is -2.43. The van der Waals surface area contributed by atoms with E-state index in [1.807, 2.05) is 47.4 Å².